The number of hydrogen-bond acceptors (Lipinski definition) is 4. The molecule has 6 heteroatoms. The molecule has 0 spiro atoms. The molecule has 0 fully saturated rings. The number of thiol groups is 4. The molecule has 0 aliphatic heterocycles. The summed E-state index contributed by atoms with van der Waals surface area (Å²) in [5.74, 6) is 0. The van der Waals surface area contributed by atoms with E-state index in [0.29, 0.717) is 0 Å². The number of halogens is 2. The molecule has 7 aromatic carbocycles. The summed E-state index contributed by atoms with van der Waals surface area (Å²) in [6.07, 6.45) is 0. The van der Waals surface area contributed by atoms with Crippen molar-refractivity contribution in [3.63, 3.8) is 0 Å². The van der Waals surface area contributed by atoms with Crippen LogP contribution >= 0.6 is 82.4 Å². The van der Waals surface area contributed by atoms with Gasteiger partial charge in [-0.3, -0.25) is 0 Å². The van der Waals surface area contributed by atoms with Crippen LogP contribution in [0, 0.1) is 0 Å². The largest absolute Gasteiger partial charge is 0.151 e. The molecule has 0 unspecified atom stereocenters. The van der Waals surface area contributed by atoms with E-state index in [1.807, 2.05) is 21.6 Å². The summed E-state index contributed by atoms with van der Waals surface area (Å²) in [5, 5.41) is 26.4. The Kier molecular flexibility index (Phi) is 4.91. The second-order valence-corrected chi connectivity index (χ2v) is 11.2. The highest BCUT2D eigenvalue weighted by Crippen LogP contribution is 2.49. The molecule has 0 bridgehead atoms. The van der Waals surface area contributed by atoms with Crippen molar-refractivity contribution in [3.05, 3.63) is 66.2 Å². The fraction of sp³-hybridized carbons (Fsp3) is 0. The molecule has 0 aliphatic carbocycles. The Morgan fingerprint density at radius 2 is 0.853 bits per heavy atom. The number of rotatable bonds is 0. The highest BCUT2D eigenvalue weighted by molar-refractivity contribution is 9.13. The van der Waals surface area contributed by atoms with Gasteiger partial charge in [-0.15, -0.1) is 0 Å². The molecular weight excluding hydrogens is 624 g/mol. The number of benzene rings is 7. The van der Waals surface area contributed by atoms with E-state index < -0.39 is 0 Å². The molecular formula is C28H14Br2S4. The first-order chi connectivity index (χ1) is 16.6. The van der Waals surface area contributed by atoms with Gasteiger partial charge in [0.05, 0.1) is 0 Å². The molecule has 7 aromatic rings. The summed E-state index contributed by atoms with van der Waals surface area (Å²) in [5.41, 5.74) is 0. The predicted octanol–water partition coefficient (Wildman–Crippen LogP) is 7.12. The van der Waals surface area contributed by atoms with Crippen molar-refractivity contribution in [2.75, 3.05) is 0 Å². The lowest BCUT2D eigenvalue weighted by atomic mass is 9.81. The molecule has 0 aliphatic rings. The molecule has 0 nitrogen and oxygen atoms in total. The van der Waals surface area contributed by atoms with E-state index in [9.17, 15) is 0 Å². The summed E-state index contributed by atoms with van der Waals surface area (Å²) < 4.78 is 2.07. The first kappa shape index (κ1) is 22.0. The van der Waals surface area contributed by atoms with Crippen LogP contribution in [0.15, 0.2) is 45.3 Å². The molecule has 0 amide bonds. The zero-order valence-corrected chi connectivity index (χ0v) is 24.1. The first-order valence-electron chi connectivity index (χ1n) is 10.5. The fourth-order valence-electron chi connectivity index (χ4n) is 6.01. The maximum atomic E-state index is 4.69. The van der Waals surface area contributed by atoms with E-state index in [4.69, 9.17) is 0 Å². The summed E-state index contributed by atoms with van der Waals surface area (Å²) in [6, 6.07) is 13.4. The minimum absolute atomic E-state index is 1.02. The van der Waals surface area contributed by atoms with Crippen LogP contribution in [0.2, 0.25) is 0 Å². The Morgan fingerprint density at radius 1 is 0.412 bits per heavy atom. The van der Waals surface area contributed by atoms with Crippen molar-refractivity contribution in [1.82, 2.24) is 0 Å². The van der Waals surface area contributed by atoms with Crippen molar-refractivity contribution in [3.8, 4) is 0 Å². The van der Waals surface area contributed by atoms with Gasteiger partial charge in [0.2, 0.25) is 0 Å². The smallest absolute Gasteiger partial charge is 0.0409 e. The van der Waals surface area contributed by atoms with E-state index in [2.05, 4.69) is 119 Å². The molecule has 0 N–H and O–H groups in total. The van der Waals surface area contributed by atoms with Crippen molar-refractivity contribution in [2.24, 2.45) is 0 Å². The first-order valence-corrected chi connectivity index (χ1v) is 14.2. The summed E-state index contributed by atoms with van der Waals surface area (Å²) >= 11 is 26.5. The van der Waals surface area contributed by atoms with E-state index in [1.54, 1.807) is 0 Å². The van der Waals surface area contributed by atoms with Gasteiger partial charge in [-0.05, 0) is 128 Å². The molecule has 34 heavy (non-hydrogen) atoms. The molecule has 0 saturated heterocycles. The van der Waals surface area contributed by atoms with Crippen LogP contribution in [0.4, 0.5) is 0 Å². The monoisotopic (exact) mass is 636 g/mol. The van der Waals surface area contributed by atoms with Crippen LogP contribution in [0.3, 0.4) is 0 Å². The van der Waals surface area contributed by atoms with Crippen molar-refractivity contribution >= 4 is 169 Å². The Morgan fingerprint density at radius 3 is 1.44 bits per heavy atom. The molecule has 0 saturated carbocycles. The Labute approximate surface area is 233 Å². The van der Waals surface area contributed by atoms with Crippen LogP contribution in [-0.2, 0) is 0 Å². The van der Waals surface area contributed by atoms with Gasteiger partial charge in [-0.25, -0.2) is 0 Å². The van der Waals surface area contributed by atoms with Gasteiger partial charge in [0.15, 0.2) is 0 Å². The van der Waals surface area contributed by atoms with Crippen LogP contribution < -0.4 is 20.9 Å². The Bertz CT molecular complexity index is 2230. The lowest BCUT2D eigenvalue weighted by Crippen LogP contribution is -2.36. The van der Waals surface area contributed by atoms with Gasteiger partial charge in [-0.1, -0.05) is 36.4 Å². The summed E-state index contributed by atoms with van der Waals surface area (Å²) in [6.45, 7) is 0. The normalized spacial score (nSPS) is 15.5. The lowest BCUT2D eigenvalue weighted by molar-refractivity contribution is 1.60. The standard InChI is InChI=1S/C28H14Br2S4/c29-27-14-6-4-12-2-1-11-3-5-13-15(7-31)16(8-32)21-17(9-33)18(10-34)24(28(27)30)26-23(14)20(12)19(11)22(13)25(21)26/h1-10,31-34H. The number of hydrogen-bond donors (Lipinski definition) is 4. The molecule has 164 valence electrons. The maximum Gasteiger partial charge on any atom is 0.0409 e. The van der Waals surface area contributed by atoms with Gasteiger partial charge in [-0.2, -0.15) is 50.5 Å². The zero-order chi connectivity index (χ0) is 23.5. The summed E-state index contributed by atoms with van der Waals surface area (Å²) in [7, 11) is 0. The topological polar surface area (TPSA) is 0 Å². The van der Waals surface area contributed by atoms with Crippen molar-refractivity contribution in [2.45, 2.75) is 0 Å². The van der Waals surface area contributed by atoms with Gasteiger partial charge in [0.25, 0.3) is 0 Å². The quantitative estimate of drug-likeness (QED) is 0.0760. The lowest BCUT2D eigenvalue weighted by Gasteiger charge is -2.23. The molecule has 0 heterocycles. The van der Waals surface area contributed by atoms with E-state index in [1.165, 1.54) is 53.9 Å². The highest BCUT2D eigenvalue weighted by Gasteiger charge is 2.25. The molecule has 7 rings (SSSR count). The third kappa shape index (κ3) is 2.43. The third-order valence-corrected chi connectivity index (χ3v) is 10.4. The average Bonchev–Trinajstić information content (AvgIpc) is 2.87. The Balaban J connectivity index is 2.16. The predicted molar refractivity (Wildman–Crippen MR) is 173 cm³/mol. The van der Waals surface area contributed by atoms with Crippen LogP contribution in [0.5, 0.6) is 0 Å². The van der Waals surface area contributed by atoms with E-state index >= 15 is 0 Å². The van der Waals surface area contributed by atoms with Gasteiger partial charge >= 0.3 is 0 Å². The second-order valence-electron chi connectivity index (χ2n) is 8.54. The summed E-state index contributed by atoms with van der Waals surface area (Å²) in [4.78, 5) is 0. The second kappa shape index (κ2) is 7.61. The maximum absolute atomic E-state index is 4.69. The van der Waals surface area contributed by atoms with E-state index in [-0.39, 0.29) is 0 Å². The van der Waals surface area contributed by atoms with Crippen LogP contribution in [-0.4, -0.2) is 0 Å². The zero-order valence-electron chi connectivity index (χ0n) is 17.3. The van der Waals surface area contributed by atoms with Crippen LogP contribution in [0.25, 0.3) is 86.3 Å². The van der Waals surface area contributed by atoms with E-state index in [0.717, 1.165) is 40.6 Å². The van der Waals surface area contributed by atoms with Crippen molar-refractivity contribution in [1.29, 1.82) is 0 Å². The van der Waals surface area contributed by atoms with Gasteiger partial charge in [0, 0.05) is 19.7 Å². The van der Waals surface area contributed by atoms with Gasteiger partial charge < -0.3 is 0 Å². The van der Waals surface area contributed by atoms with Crippen LogP contribution in [0.1, 0.15) is 0 Å². The highest BCUT2D eigenvalue weighted by atomic mass is 79.9. The SMILES string of the molecule is SC=c1c(=CS)c2c(=CS)c(=CS)c3c(Br)c(Br)c4ccc5ccc6ccc1c1c6c5c4c3c21. The minimum Gasteiger partial charge on any atom is -0.151 e. The van der Waals surface area contributed by atoms with Gasteiger partial charge in [0.1, 0.15) is 0 Å². The Hall–Kier alpha value is -1.28. The molecule has 0 atom stereocenters. The fourth-order valence-corrected chi connectivity index (χ4v) is 8.24. The molecule has 0 aromatic heterocycles. The average molecular weight is 638 g/mol. The van der Waals surface area contributed by atoms with Crippen molar-refractivity contribution < 1.29 is 0 Å². The molecule has 0 radical (unpaired) electrons. The minimum atomic E-state index is 1.02. The third-order valence-electron chi connectivity index (χ3n) is 7.26.